The number of halogens is 3. The molecule has 0 atom stereocenters. The molecular formula is C16H16F3N5O. The predicted octanol–water partition coefficient (Wildman–Crippen LogP) is 3.13. The molecule has 0 radical (unpaired) electrons. The lowest BCUT2D eigenvalue weighted by atomic mass is 10.2. The Hall–Kier alpha value is -2.84. The van der Waals surface area contributed by atoms with Crippen LogP contribution in [0.2, 0.25) is 0 Å². The molecular weight excluding hydrogens is 335 g/mol. The number of para-hydroxylation sites is 1. The maximum atomic E-state index is 12.3. The van der Waals surface area contributed by atoms with Crippen LogP contribution in [0.1, 0.15) is 12.1 Å². The van der Waals surface area contributed by atoms with E-state index < -0.39 is 12.7 Å². The predicted molar refractivity (Wildman–Crippen MR) is 86.0 cm³/mol. The van der Waals surface area contributed by atoms with Gasteiger partial charge in [-0.1, -0.05) is 18.2 Å². The van der Waals surface area contributed by atoms with Gasteiger partial charge in [-0.3, -0.25) is 14.2 Å². The van der Waals surface area contributed by atoms with Gasteiger partial charge in [0.15, 0.2) is 0 Å². The number of carbonyl (C=O) groups is 1. The van der Waals surface area contributed by atoms with Crippen LogP contribution < -0.4 is 5.32 Å². The highest BCUT2D eigenvalue weighted by atomic mass is 19.4. The van der Waals surface area contributed by atoms with Gasteiger partial charge in [0.1, 0.15) is 6.54 Å². The number of aromatic nitrogens is 4. The summed E-state index contributed by atoms with van der Waals surface area (Å²) < 4.78 is 39.4. The quantitative estimate of drug-likeness (QED) is 0.768. The minimum atomic E-state index is -4.35. The van der Waals surface area contributed by atoms with E-state index in [0.717, 1.165) is 27.5 Å². The zero-order valence-corrected chi connectivity index (χ0v) is 13.4. The van der Waals surface area contributed by atoms with E-state index in [-0.39, 0.29) is 18.0 Å². The number of amides is 1. The second-order valence-electron chi connectivity index (χ2n) is 5.67. The van der Waals surface area contributed by atoms with Gasteiger partial charge in [-0.05, 0) is 13.0 Å². The normalized spacial score (nSPS) is 11.8. The summed E-state index contributed by atoms with van der Waals surface area (Å²) in [5.41, 5.74) is 2.05. The van der Waals surface area contributed by atoms with E-state index in [1.54, 1.807) is 4.68 Å². The third-order valence-electron chi connectivity index (χ3n) is 3.65. The Morgan fingerprint density at radius 3 is 2.80 bits per heavy atom. The molecule has 0 fully saturated rings. The van der Waals surface area contributed by atoms with Gasteiger partial charge in [0.2, 0.25) is 5.91 Å². The van der Waals surface area contributed by atoms with Crippen LogP contribution in [-0.4, -0.2) is 31.6 Å². The number of fused-ring (bicyclic) bond motifs is 1. The van der Waals surface area contributed by atoms with Crippen LogP contribution in [0.15, 0.2) is 36.7 Å². The number of anilines is 1. The molecule has 0 aliphatic rings. The van der Waals surface area contributed by atoms with E-state index in [0.29, 0.717) is 6.54 Å². The summed E-state index contributed by atoms with van der Waals surface area (Å²) in [5.74, 6) is -0.316. The lowest BCUT2D eigenvalue weighted by Gasteiger charge is -2.06. The summed E-state index contributed by atoms with van der Waals surface area (Å²) >= 11 is 0. The fourth-order valence-corrected chi connectivity index (χ4v) is 2.59. The lowest BCUT2D eigenvalue weighted by molar-refractivity contribution is -0.142. The summed E-state index contributed by atoms with van der Waals surface area (Å²) in [5, 5.41) is 11.6. The van der Waals surface area contributed by atoms with Crippen LogP contribution >= 0.6 is 0 Å². The molecule has 0 saturated heterocycles. The number of rotatable bonds is 5. The van der Waals surface area contributed by atoms with Gasteiger partial charge < -0.3 is 5.32 Å². The number of carbonyl (C=O) groups excluding carboxylic acids is 1. The van der Waals surface area contributed by atoms with Crippen molar-refractivity contribution in [2.45, 2.75) is 32.6 Å². The molecule has 3 rings (SSSR count). The number of aryl methyl sites for hydroxylation is 2. The Bertz CT molecular complexity index is 897. The van der Waals surface area contributed by atoms with E-state index in [2.05, 4.69) is 15.5 Å². The highest BCUT2D eigenvalue weighted by molar-refractivity contribution is 5.90. The van der Waals surface area contributed by atoms with Gasteiger partial charge in [0.05, 0.1) is 29.6 Å². The van der Waals surface area contributed by atoms with Crippen LogP contribution in [0.25, 0.3) is 10.9 Å². The van der Waals surface area contributed by atoms with Crippen LogP contribution in [0, 0.1) is 6.92 Å². The Morgan fingerprint density at radius 1 is 1.28 bits per heavy atom. The SMILES string of the molecule is Cc1nn(CCC(=O)Nc2cnn(CC(F)(F)F)c2)c2ccccc12. The topological polar surface area (TPSA) is 64.7 Å². The van der Waals surface area contributed by atoms with Crippen molar-refractivity contribution in [2.75, 3.05) is 5.32 Å². The molecule has 9 heteroatoms. The van der Waals surface area contributed by atoms with Crippen LogP contribution in [0.4, 0.5) is 18.9 Å². The van der Waals surface area contributed by atoms with Gasteiger partial charge in [0, 0.05) is 18.0 Å². The third kappa shape index (κ3) is 4.17. The number of hydrogen-bond acceptors (Lipinski definition) is 3. The summed E-state index contributed by atoms with van der Waals surface area (Å²) in [6, 6.07) is 7.71. The van der Waals surface area contributed by atoms with Crippen LogP contribution in [0.5, 0.6) is 0 Å². The van der Waals surface area contributed by atoms with E-state index in [4.69, 9.17) is 0 Å². The molecule has 0 bridgehead atoms. The molecule has 2 heterocycles. The maximum Gasteiger partial charge on any atom is 0.408 e. The summed E-state index contributed by atoms with van der Waals surface area (Å²) in [6.45, 7) is 1.08. The minimum Gasteiger partial charge on any atom is -0.323 e. The van der Waals surface area contributed by atoms with E-state index in [1.807, 2.05) is 31.2 Å². The lowest BCUT2D eigenvalue weighted by Crippen LogP contribution is -2.18. The second kappa shape index (κ2) is 6.58. The largest absolute Gasteiger partial charge is 0.408 e. The molecule has 1 amide bonds. The Morgan fingerprint density at radius 2 is 2.04 bits per heavy atom. The fraction of sp³-hybridized carbons (Fsp3) is 0.312. The zero-order chi connectivity index (χ0) is 18.0. The molecule has 1 N–H and O–H groups in total. The molecule has 0 aliphatic carbocycles. The molecule has 0 spiro atoms. The average molecular weight is 351 g/mol. The summed E-state index contributed by atoms with van der Waals surface area (Å²) in [6.07, 6.45) is -1.86. The van der Waals surface area contributed by atoms with Crippen molar-refractivity contribution in [1.82, 2.24) is 19.6 Å². The smallest absolute Gasteiger partial charge is 0.323 e. The Labute approximate surface area is 141 Å². The maximum absolute atomic E-state index is 12.3. The van der Waals surface area contributed by atoms with E-state index >= 15 is 0 Å². The average Bonchev–Trinajstić information content (AvgIpc) is 3.09. The molecule has 132 valence electrons. The third-order valence-corrected chi connectivity index (χ3v) is 3.65. The summed E-state index contributed by atoms with van der Waals surface area (Å²) in [4.78, 5) is 12.0. The first-order valence-electron chi connectivity index (χ1n) is 7.63. The molecule has 0 saturated carbocycles. The minimum absolute atomic E-state index is 0.148. The summed E-state index contributed by atoms with van der Waals surface area (Å²) in [7, 11) is 0. The van der Waals surface area contributed by atoms with Gasteiger partial charge in [0.25, 0.3) is 0 Å². The zero-order valence-electron chi connectivity index (χ0n) is 13.4. The molecule has 3 aromatic rings. The monoisotopic (exact) mass is 351 g/mol. The fourth-order valence-electron chi connectivity index (χ4n) is 2.59. The highest BCUT2D eigenvalue weighted by Crippen LogP contribution is 2.19. The van der Waals surface area contributed by atoms with Crippen molar-refractivity contribution in [3.8, 4) is 0 Å². The number of nitrogens with zero attached hydrogens (tertiary/aromatic N) is 4. The molecule has 0 unspecified atom stereocenters. The van der Waals surface area contributed by atoms with Crippen LogP contribution in [0.3, 0.4) is 0 Å². The second-order valence-corrected chi connectivity index (χ2v) is 5.67. The van der Waals surface area contributed by atoms with Gasteiger partial charge in [-0.15, -0.1) is 0 Å². The molecule has 25 heavy (non-hydrogen) atoms. The number of alkyl halides is 3. The van der Waals surface area contributed by atoms with Crippen molar-refractivity contribution < 1.29 is 18.0 Å². The molecule has 1 aromatic carbocycles. The van der Waals surface area contributed by atoms with Crippen molar-refractivity contribution >= 4 is 22.5 Å². The van der Waals surface area contributed by atoms with E-state index in [9.17, 15) is 18.0 Å². The standard InChI is InChI=1S/C16H16F3N5O/c1-11-13-4-2-3-5-14(13)24(22-11)7-6-15(25)21-12-8-20-23(9-12)10-16(17,18)19/h2-5,8-9H,6-7,10H2,1H3,(H,21,25). The molecule has 2 aromatic heterocycles. The Balaban J connectivity index is 1.59. The first-order chi connectivity index (χ1) is 11.8. The number of benzene rings is 1. The highest BCUT2D eigenvalue weighted by Gasteiger charge is 2.28. The van der Waals surface area contributed by atoms with Gasteiger partial charge >= 0.3 is 6.18 Å². The first kappa shape index (κ1) is 17.0. The number of nitrogens with one attached hydrogen (secondary N) is 1. The van der Waals surface area contributed by atoms with Crippen molar-refractivity contribution in [3.05, 3.63) is 42.4 Å². The van der Waals surface area contributed by atoms with Crippen molar-refractivity contribution in [1.29, 1.82) is 0 Å². The van der Waals surface area contributed by atoms with Crippen LogP contribution in [-0.2, 0) is 17.9 Å². The van der Waals surface area contributed by atoms with E-state index in [1.165, 1.54) is 6.20 Å². The van der Waals surface area contributed by atoms with Crippen molar-refractivity contribution in [2.24, 2.45) is 0 Å². The van der Waals surface area contributed by atoms with Gasteiger partial charge in [-0.25, -0.2) is 0 Å². The molecule has 6 nitrogen and oxygen atoms in total. The van der Waals surface area contributed by atoms with Gasteiger partial charge in [-0.2, -0.15) is 23.4 Å². The molecule has 0 aliphatic heterocycles. The number of hydrogen-bond donors (Lipinski definition) is 1. The Kier molecular flexibility index (Phi) is 4.47. The first-order valence-corrected chi connectivity index (χ1v) is 7.63. The van der Waals surface area contributed by atoms with Crippen molar-refractivity contribution in [3.63, 3.8) is 0 Å².